The summed E-state index contributed by atoms with van der Waals surface area (Å²) in [7, 11) is -3.75. The molecule has 3 aromatic carbocycles. The zero-order valence-corrected chi connectivity index (χ0v) is 18.8. The van der Waals surface area contributed by atoms with E-state index in [1.807, 2.05) is 30.3 Å². The van der Waals surface area contributed by atoms with Crippen molar-refractivity contribution in [2.45, 2.75) is 24.8 Å². The second kappa shape index (κ2) is 10.2. The number of nitro benzene ring substituents is 1. The fourth-order valence-electron chi connectivity index (χ4n) is 3.02. The van der Waals surface area contributed by atoms with Crippen molar-refractivity contribution in [3.05, 3.63) is 94.0 Å². The molecule has 3 rings (SSSR count). The predicted molar refractivity (Wildman–Crippen MR) is 124 cm³/mol. The van der Waals surface area contributed by atoms with Gasteiger partial charge < -0.3 is 10.1 Å². The Hall–Kier alpha value is -3.76. The number of hydrogen-bond acceptors (Lipinski definition) is 6. The highest BCUT2D eigenvalue weighted by Crippen LogP contribution is 2.22. The number of nitrogens with zero attached hydrogens (tertiary/aromatic N) is 1. The lowest BCUT2D eigenvalue weighted by atomic mass is 10.1. The number of aryl methyl sites for hydroxylation is 1. The molecule has 2 N–H and O–H groups in total. The van der Waals surface area contributed by atoms with Gasteiger partial charge in [-0.05, 0) is 49.2 Å². The maximum Gasteiger partial charge on any atom is 0.271 e. The molecule has 0 heterocycles. The van der Waals surface area contributed by atoms with Crippen LogP contribution in [0.2, 0.25) is 0 Å². The SMILES string of the molecule is Cc1ccc([N+](=O)[O-])cc1NC(=O)COc1ccc(S(=O)(=O)N[C@@H](C)c2ccccc2)cc1. The lowest BCUT2D eigenvalue weighted by molar-refractivity contribution is -0.384. The number of amides is 1. The smallest absolute Gasteiger partial charge is 0.271 e. The molecule has 1 amide bonds. The summed E-state index contributed by atoms with van der Waals surface area (Å²) in [6.45, 7) is 3.12. The quantitative estimate of drug-likeness (QED) is 0.361. The van der Waals surface area contributed by atoms with E-state index in [0.717, 1.165) is 5.56 Å². The van der Waals surface area contributed by atoms with Gasteiger partial charge in [-0.3, -0.25) is 14.9 Å². The predicted octanol–water partition coefficient (Wildman–Crippen LogP) is 3.96. The van der Waals surface area contributed by atoms with Crippen molar-refractivity contribution in [1.29, 1.82) is 0 Å². The van der Waals surface area contributed by atoms with Crippen LogP contribution in [0, 0.1) is 17.0 Å². The monoisotopic (exact) mass is 469 g/mol. The number of sulfonamides is 1. The lowest BCUT2D eigenvalue weighted by Crippen LogP contribution is -2.26. The van der Waals surface area contributed by atoms with Gasteiger partial charge in [0.15, 0.2) is 6.61 Å². The molecule has 0 saturated heterocycles. The first-order chi connectivity index (χ1) is 15.7. The number of ether oxygens (including phenoxy) is 1. The number of anilines is 1. The van der Waals surface area contributed by atoms with E-state index < -0.39 is 26.9 Å². The first-order valence-electron chi connectivity index (χ1n) is 10.0. The molecule has 0 saturated carbocycles. The Labute approximate surface area is 191 Å². The summed E-state index contributed by atoms with van der Waals surface area (Å²) in [6, 6.07) is 18.6. The summed E-state index contributed by atoms with van der Waals surface area (Å²) in [5.41, 5.74) is 1.69. The number of carbonyl (C=O) groups is 1. The van der Waals surface area contributed by atoms with Gasteiger partial charge in [-0.25, -0.2) is 13.1 Å². The Balaban J connectivity index is 1.59. The average molecular weight is 470 g/mol. The number of nitro groups is 1. The van der Waals surface area contributed by atoms with Gasteiger partial charge in [-0.1, -0.05) is 36.4 Å². The minimum Gasteiger partial charge on any atom is -0.484 e. The Morgan fingerprint density at radius 3 is 2.36 bits per heavy atom. The van der Waals surface area contributed by atoms with Crippen molar-refractivity contribution < 1.29 is 22.9 Å². The Kier molecular flexibility index (Phi) is 7.41. The standard InChI is InChI=1S/C23H23N3O6S/c1-16-8-9-19(26(28)29)14-22(16)24-23(27)15-32-20-10-12-21(13-11-20)33(30,31)25-17(2)18-6-4-3-5-7-18/h3-14,17,25H,15H2,1-2H3,(H,24,27)/t17-/m0/s1. The molecule has 0 spiro atoms. The second-order valence-corrected chi connectivity index (χ2v) is 9.03. The highest BCUT2D eigenvalue weighted by Gasteiger charge is 2.18. The van der Waals surface area contributed by atoms with Gasteiger partial charge in [-0.2, -0.15) is 0 Å². The van der Waals surface area contributed by atoms with Crippen LogP contribution in [0.1, 0.15) is 24.1 Å². The van der Waals surface area contributed by atoms with Crippen molar-refractivity contribution in [1.82, 2.24) is 4.72 Å². The summed E-state index contributed by atoms with van der Waals surface area (Å²) in [5, 5.41) is 13.5. The zero-order chi connectivity index (χ0) is 24.0. The number of nitrogens with one attached hydrogen (secondary N) is 2. The molecule has 0 aliphatic rings. The van der Waals surface area contributed by atoms with Crippen LogP contribution in [-0.4, -0.2) is 25.9 Å². The van der Waals surface area contributed by atoms with E-state index in [9.17, 15) is 23.3 Å². The molecule has 0 aliphatic carbocycles. The molecule has 0 aromatic heterocycles. The molecule has 172 valence electrons. The van der Waals surface area contributed by atoms with Crippen molar-refractivity contribution >= 4 is 27.3 Å². The van der Waals surface area contributed by atoms with Crippen molar-refractivity contribution in [2.75, 3.05) is 11.9 Å². The number of non-ortho nitro benzene ring substituents is 1. The number of benzene rings is 3. The molecular formula is C23H23N3O6S. The van der Waals surface area contributed by atoms with Gasteiger partial charge in [0.1, 0.15) is 5.75 Å². The Morgan fingerprint density at radius 2 is 1.73 bits per heavy atom. The van der Waals surface area contributed by atoms with E-state index in [-0.39, 0.29) is 17.2 Å². The molecule has 0 radical (unpaired) electrons. The molecule has 1 atom stereocenters. The van der Waals surface area contributed by atoms with Gasteiger partial charge in [-0.15, -0.1) is 0 Å². The molecule has 0 unspecified atom stereocenters. The molecule has 9 nitrogen and oxygen atoms in total. The average Bonchev–Trinajstić information content (AvgIpc) is 2.79. The van der Waals surface area contributed by atoms with Crippen molar-refractivity contribution in [3.63, 3.8) is 0 Å². The maximum atomic E-state index is 12.6. The largest absolute Gasteiger partial charge is 0.484 e. The summed E-state index contributed by atoms with van der Waals surface area (Å²) in [5.74, 6) is -0.204. The third-order valence-electron chi connectivity index (χ3n) is 4.84. The summed E-state index contributed by atoms with van der Waals surface area (Å²) in [6.07, 6.45) is 0. The normalized spacial score (nSPS) is 12.1. The van der Waals surface area contributed by atoms with Crippen LogP contribution in [0.15, 0.2) is 77.7 Å². The summed E-state index contributed by atoms with van der Waals surface area (Å²) >= 11 is 0. The highest BCUT2D eigenvalue weighted by atomic mass is 32.2. The van der Waals surface area contributed by atoms with E-state index in [0.29, 0.717) is 17.0 Å². The number of rotatable bonds is 9. The first kappa shape index (κ1) is 23.9. The van der Waals surface area contributed by atoms with E-state index in [2.05, 4.69) is 10.0 Å². The molecule has 33 heavy (non-hydrogen) atoms. The van der Waals surface area contributed by atoms with Gasteiger partial charge in [0.05, 0.1) is 15.5 Å². The molecular weight excluding hydrogens is 446 g/mol. The minimum absolute atomic E-state index is 0.0642. The van der Waals surface area contributed by atoms with E-state index in [1.54, 1.807) is 19.9 Å². The molecule has 3 aromatic rings. The maximum absolute atomic E-state index is 12.6. The van der Waals surface area contributed by atoms with Gasteiger partial charge in [0, 0.05) is 18.2 Å². The van der Waals surface area contributed by atoms with Crippen LogP contribution in [0.5, 0.6) is 5.75 Å². The van der Waals surface area contributed by atoms with E-state index in [1.165, 1.54) is 36.4 Å². The lowest BCUT2D eigenvalue weighted by Gasteiger charge is -2.15. The van der Waals surface area contributed by atoms with Crippen LogP contribution in [0.25, 0.3) is 0 Å². The fraction of sp³-hybridized carbons (Fsp3) is 0.174. The van der Waals surface area contributed by atoms with Crippen LogP contribution >= 0.6 is 0 Å². The molecule has 0 fully saturated rings. The molecule has 0 aliphatic heterocycles. The Morgan fingerprint density at radius 1 is 1.06 bits per heavy atom. The first-order valence-corrected chi connectivity index (χ1v) is 11.5. The van der Waals surface area contributed by atoms with Crippen LogP contribution < -0.4 is 14.8 Å². The molecule has 0 bridgehead atoms. The van der Waals surface area contributed by atoms with Gasteiger partial charge in [0.2, 0.25) is 10.0 Å². The van der Waals surface area contributed by atoms with Crippen LogP contribution in [0.3, 0.4) is 0 Å². The Bertz CT molecular complexity index is 1240. The number of carbonyl (C=O) groups excluding carboxylic acids is 1. The third-order valence-corrected chi connectivity index (χ3v) is 6.40. The van der Waals surface area contributed by atoms with E-state index >= 15 is 0 Å². The summed E-state index contributed by atoms with van der Waals surface area (Å²) < 4.78 is 33.3. The van der Waals surface area contributed by atoms with Gasteiger partial charge in [0.25, 0.3) is 11.6 Å². The minimum atomic E-state index is -3.75. The summed E-state index contributed by atoms with van der Waals surface area (Å²) in [4.78, 5) is 22.6. The highest BCUT2D eigenvalue weighted by molar-refractivity contribution is 7.89. The number of hydrogen-bond donors (Lipinski definition) is 2. The zero-order valence-electron chi connectivity index (χ0n) is 18.0. The van der Waals surface area contributed by atoms with E-state index in [4.69, 9.17) is 4.74 Å². The van der Waals surface area contributed by atoms with Crippen LogP contribution in [0.4, 0.5) is 11.4 Å². The molecule has 10 heteroatoms. The van der Waals surface area contributed by atoms with Gasteiger partial charge >= 0.3 is 0 Å². The third kappa shape index (κ3) is 6.37. The fourth-order valence-corrected chi connectivity index (χ4v) is 4.25. The van der Waals surface area contributed by atoms with Crippen LogP contribution in [-0.2, 0) is 14.8 Å². The van der Waals surface area contributed by atoms with Crippen molar-refractivity contribution in [2.24, 2.45) is 0 Å². The van der Waals surface area contributed by atoms with Crippen molar-refractivity contribution in [3.8, 4) is 5.75 Å². The topological polar surface area (TPSA) is 128 Å². The second-order valence-electron chi connectivity index (χ2n) is 7.32.